The number of aromatic nitrogens is 4. The number of aryl methyl sites for hydroxylation is 2. The van der Waals surface area contributed by atoms with Crippen molar-refractivity contribution in [2.75, 3.05) is 31.1 Å². The molecule has 0 bridgehead atoms. The van der Waals surface area contributed by atoms with Crippen LogP contribution < -0.4 is 4.90 Å². The Bertz CT molecular complexity index is 1580. The lowest BCUT2D eigenvalue weighted by Crippen LogP contribution is -2.49. The Morgan fingerprint density at radius 3 is 2.21 bits per heavy atom. The number of carbonyl (C=O) groups is 1. The molecule has 3 heterocycles. The zero-order chi connectivity index (χ0) is 26.8. The number of rotatable bonds is 6. The van der Waals surface area contributed by atoms with Crippen molar-refractivity contribution in [2.24, 2.45) is 0 Å². The standard InChI is InChI=1S/C32H32N6O/c1-3-24-13-15-26(16-14-24)32(39)37-19-17-36(18-20-37)30-28-22-33-38(27-7-5-4-6-8-27)31(28)35-29(34-30)21-25-11-9-23(2)10-12-25/h4-16,22H,3,17-21H2,1-2H3. The number of fused-ring (bicyclic) bond motifs is 1. The molecule has 1 aliphatic rings. The van der Waals surface area contributed by atoms with Crippen molar-refractivity contribution in [3.05, 3.63) is 113 Å². The van der Waals surface area contributed by atoms with Crippen LogP contribution in [0.25, 0.3) is 16.7 Å². The van der Waals surface area contributed by atoms with Crippen LogP contribution in [0.1, 0.15) is 39.8 Å². The van der Waals surface area contributed by atoms with Crippen LogP contribution >= 0.6 is 0 Å². The number of hydrogen-bond donors (Lipinski definition) is 0. The van der Waals surface area contributed by atoms with Crippen LogP contribution in [0.5, 0.6) is 0 Å². The Morgan fingerprint density at radius 1 is 0.821 bits per heavy atom. The fourth-order valence-electron chi connectivity index (χ4n) is 5.09. The van der Waals surface area contributed by atoms with Gasteiger partial charge in [0.1, 0.15) is 11.6 Å². The molecule has 0 atom stereocenters. The third-order valence-electron chi connectivity index (χ3n) is 7.41. The van der Waals surface area contributed by atoms with Gasteiger partial charge in [-0.05, 0) is 48.7 Å². The van der Waals surface area contributed by atoms with Crippen molar-refractivity contribution in [1.82, 2.24) is 24.6 Å². The molecule has 0 N–H and O–H groups in total. The van der Waals surface area contributed by atoms with Crippen LogP contribution in [0.2, 0.25) is 0 Å². The van der Waals surface area contributed by atoms with Gasteiger partial charge in [0.2, 0.25) is 0 Å². The number of carbonyl (C=O) groups excluding carboxylic acids is 1. The van der Waals surface area contributed by atoms with E-state index in [0.717, 1.165) is 40.3 Å². The van der Waals surface area contributed by atoms with Crippen molar-refractivity contribution in [2.45, 2.75) is 26.7 Å². The number of para-hydroxylation sites is 1. The first-order chi connectivity index (χ1) is 19.1. The fraction of sp³-hybridized carbons (Fsp3) is 0.250. The molecule has 2 aromatic heterocycles. The number of nitrogens with zero attached hydrogens (tertiary/aromatic N) is 6. The third kappa shape index (κ3) is 5.12. The minimum Gasteiger partial charge on any atom is -0.352 e. The highest BCUT2D eigenvalue weighted by atomic mass is 16.2. The van der Waals surface area contributed by atoms with E-state index < -0.39 is 0 Å². The van der Waals surface area contributed by atoms with E-state index in [1.165, 1.54) is 16.7 Å². The number of anilines is 1. The minimum atomic E-state index is 0.0853. The van der Waals surface area contributed by atoms with Gasteiger partial charge < -0.3 is 9.80 Å². The summed E-state index contributed by atoms with van der Waals surface area (Å²) in [6.07, 6.45) is 3.46. The molecule has 1 fully saturated rings. The van der Waals surface area contributed by atoms with Gasteiger partial charge in [-0.15, -0.1) is 0 Å². The summed E-state index contributed by atoms with van der Waals surface area (Å²) < 4.78 is 1.89. The molecule has 6 rings (SSSR count). The number of amides is 1. The molecule has 0 saturated carbocycles. The Labute approximate surface area is 228 Å². The average Bonchev–Trinajstić information content (AvgIpc) is 3.42. The van der Waals surface area contributed by atoms with Gasteiger partial charge in [0.15, 0.2) is 5.65 Å². The van der Waals surface area contributed by atoms with Crippen LogP contribution in [-0.2, 0) is 12.8 Å². The fourth-order valence-corrected chi connectivity index (χ4v) is 5.09. The third-order valence-corrected chi connectivity index (χ3v) is 7.41. The molecule has 1 aliphatic heterocycles. The second-order valence-corrected chi connectivity index (χ2v) is 10.1. The Balaban J connectivity index is 1.30. The van der Waals surface area contributed by atoms with E-state index in [2.05, 4.69) is 43.0 Å². The maximum atomic E-state index is 13.2. The topological polar surface area (TPSA) is 67.2 Å². The lowest BCUT2D eigenvalue weighted by molar-refractivity contribution is 0.0746. The summed E-state index contributed by atoms with van der Waals surface area (Å²) in [4.78, 5) is 27.4. The number of benzene rings is 3. The summed E-state index contributed by atoms with van der Waals surface area (Å²) in [7, 11) is 0. The van der Waals surface area contributed by atoms with Crippen molar-refractivity contribution in [3.8, 4) is 5.69 Å². The summed E-state index contributed by atoms with van der Waals surface area (Å²) in [6.45, 7) is 6.89. The highest BCUT2D eigenvalue weighted by Crippen LogP contribution is 2.28. The van der Waals surface area contributed by atoms with E-state index in [0.29, 0.717) is 32.6 Å². The normalized spacial score (nSPS) is 13.7. The minimum absolute atomic E-state index is 0.0853. The monoisotopic (exact) mass is 516 g/mol. The van der Waals surface area contributed by atoms with Gasteiger partial charge in [0, 0.05) is 38.2 Å². The predicted molar refractivity (Wildman–Crippen MR) is 155 cm³/mol. The maximum Gasteiger partial charge on any atom is 0.253 e. The Hall–Kier alpha value is -4.52. The number of hydrogen-bond acceptors (Lipinski definition) is 5. The van der Waals surface area contributed by atoms with Crippen molar-refractivity contribution in [3.63, 3.8) is 0 Å². The van der Waals surface area contributed by atoms with E-state index >= 15 is 0 Å². The highest BCUT2D eigenvalue weighted by molar-refractivity contribution is 5.94. The van der Waals surface area contributed by atoms with Crippen LogP contribution in [0.15, 0.2) is 85.1 Å². The van der Waals surface area contributed by atoms with Crippen LogP contribution in [-0.4, -0.2) is 56.7 Å². The smallest absolute Gasteiger partial charge is 0.253 e. The zero-order valence-corrected chi connectivity index (χ0v) is 22.4. The summed E-state index contributed by atoms with van der Waals surface area (Å²) in [5.74, 6) is 1.72. The first-order valence-electron chi connectivity index (χ1n) is 13.6. The molecular weight excluding hydrogens is 484 g/mol. The molecule has 3 aromatic carbocycles. The average molecular weight is 517 g/mol. The number of piperazine rings is 1. The van der Waals surface area contributed by atoms with E-state index in [1.807, 2.05) is 70.4 Å². The van der Waals surface area contributed by atoms with Gasteiger partial charge in [-0.3, -0.25) is 4.79 Å². The maximum absolute atomic E-state index is 13.2. The Kier molecular flexibility index (Phi) is 6.80. The largest absolute Gasteiger partial charge is 0.352 e. The second-order valence-electron chi connectivity index (χ2n) is 10.1. The van der Waals surface area contributed by atoms with E-state index in [-0.39, 0.29) is 5.91 Å². The van der Waals surface area contributed by atoms with Gasteiger partial charge in [0.05, 0.1) is 17.3 Å². The molecule has 196 valence electrons. The SMILES string of the molecule is CCc1ccc(C(=O)N2CCN(c3nc(Cc4ccc(C)cc4)nc4c3cnn4-c3ccccc3)CC2)cc1. The molecule has 0 unspecified atom stereocenters. The quantitative estimate of drug-likeness (QED) is 0.309. The van der Waals surface area contributed by atoms with E-state index in [9.17, 15) is 4.79 Å². The van der Waals surface area contributed by atoms with Gasteiger partial charge >= 0.3 is 0 Å². The molecule has 0 radical (unpaired) electrons. The van der Waals surface area contributed by atoms with Crippen molar-refractivity contribution in [1.29, 1.82) is 0 Å². The van der Waals surface area contributed by atoms with Crippen LogP contribution in [0.3, 0.4) is 0 Å². The lowest BCUT2D eigenvalue weighted by atomic mass is 10.1. The summed E-state index contributed by atoms with van der Waals surface area (Å²) in [5, 5.41) is 5.62. The summed E-state index contributed by atoms with van der Waals surface area (Å²) in [6, 6.07) is 26.5. The summed E-state index contributed by atoms with van der Waals surface area (Å²) in [5.41, 5.74) is 6.13. The molecule has 39 heavy (non-hydrogen) atoms. The van der Waals surface area contributed by atoms with Gasteiger partial charge in [-0.1, -0.05) is 67.1 Å². The van der Waals surface area contributed by atoms with Crippen molar-refractivity contribution < 1.29 is 4.79 Å². The predicted octanol–water partition coefficient (Wildman–Crippen LogP) is 5.24. The molecule has 7 nitrogen and oxygen atoms in total. The highest BCUT2D eigenvalue weighted by Gasteiger charge is 2.26. The van der Waals surface area contributed by atoms with Crippen LogP contribution in [0.4, 0.5) is 5.82 Å². The molecular formula is C32H32N6O. The van der Waals surface area contributed by atoms with Crippen molar-refractivity contribution >= 4 is 22.8 Å². The molecule has 5 aromatic rings. The van der Waals surface area contributed by atoms with Gasteiger partial charge in [-0.25, -0.2) is 14.6 Å². The molecule has 0 aliphatic carbocycles. The van der Waals surface area contributed by atoms with Crippen LogP contribution in [0, 0.1) is 6.92 Å². The zero-order valence-electron chi connectivity index (χ0n) is 22.4. The molecule has 7 heteroatoms. The molecule has 1 saturated heterocycles. The summed E-state index contributed by atoms with van der Waals surface area (Å²) >= 11 is 0. The van der Waals surface area contributed by atoms with E-state index in [4.69, 9.17) is 15.1 Å². The molecule has 1 amide bonds. The first kappa shape index (κ1) is 24.8. The van der Waals surface area contributed by atoms with E-state index in [1.54, 1.807) is 0 Å². The van der Waals surface area contributed by atoms with Gasteiger partial charge in [0.25, 0.3) is 5.91 Å². The van der Waals surface area contributed by atoms with Gasteiger partial charge in [-0.2, -0.15) is 5.10 Å². The second kappa shape index (κ2) is 10.7. The lowest BCUT2D eigenvalue weighted by Gasteiger charge is -2.35. The Morgan fingerprint density at radius 2 is 1.51 bits per heavy atom. The molecule has 0 spiro atoms. The first-order valence-corrected chi connectivity index (χ1v) is 13.6.